The number of aromatic nitrogens is 1. The molecule has 1 amide bonds. The number of carbonyl (C=O) groups is 1. The highest BCUT2D eigenvalue weighted by atomic mass is 16.3. The summed E-state index contributed by atoms with van der Waals surface area (Å²) in [6.07, 6.45) is 10.4. The van der Waals surface area contributed by atoms with Crippen molar-refractivity contribution < 1.29 is 9.90 Å². The van der Waals surface area contributed by atoms with E-state index in [4.69, 9.17) is 0 Å². The van der Waals surface area contributed by atoms with Crippen LogP contribution in [0, 0.1) is 35.5 Å². The standard InChI is InChI=1S/C27H36N2O3/c1-16(2)25(15-30)29-9-8-22-23(27(29)32)4-3-5-24(22)28-26(31)14-20-13-18-10-17-6-7-21(20)19(11-17)12-18/h3-5,8-9,16-21,25,30H,6-7,10-15H2,1-2H3,(H,28,31)/t17?,18?,19-,20?,21?,25?/m0/s1. The first-order chi connectivity index (χ1) is 15.4. The smallest absolute Gasteiger partial charge is 0.258 e. The van der Waals surface area contributed by atoms with Crippen molar-refractivity contribution in [2.75, 3.05) is 11.9 Å². The van der Waals surface area contributed by atoms with Gasteiger partial charge >= 0.3 is 0 Å². The minimum atomic E-state index is -0.258. The molecule has 5 rings (SSSR count). The lowest BCUT2D eigenvalue weighted by molar-refractivity contribution is -0.119. The molecule has 0 radical (unpaired) electrons. The Bertz CT molecular complexity index is 1050. The number of anilines is 1. The number of benzene rings is 1. The van der Waals surface area contributed by atoms with Gasteiger partial charge in [-0.05, 0) is 85.8 Å². The Hall–Kier alpha value is -2.14. The third-order valence-corrected chi connectivity index (χ3v) is 8.70. The molecule has 6 atom stereocenters. The number of carbonyl (C=O) groups excluding carboxylic acids is 1. The van der Waals surface area contributed by atoms with Crippen LogP contribution in [-0.4, -0.2) is 22.2 Å². The van der Waals surface area contributed by atoms with Crippen LogP contribution in [0.1, 0.15) is 64.8 Å². The number of aliphatic hydroxyl groups excluding tert-OH is 1. The zero-order valence-corrected chi connectivity index (χ0v) is 19.3. The van der Waals surface area contributed by atoms with Gasteiger partial charge in [0.25, 0.3) is 5.56 Å². The van der Waals surface area contributed by atoms with Crippen molar-refractivity contribution in [1.29, 1.82) is 0 Å². The van der Waals surface area contributed by atoms with E-state index < -0.39 is 0 Å². The summed E-state index contributed by atoms with van der Waals surface area (Å²) in [7, 11) is 0. The maximum Gasteiger partial charge on any atom is 0.258 e. The SMILES string of the molecule is CC(C)C(CO)n1ccc2c(NC(=O)CC3CC4CC5CCC3[C@@H](C5)C4)cccc2c1=O. The predicted octanol–water partition coefficient (Wildman–Crippen LogP) is 4.98. The monoisotopic (exact) mass is 436 g/mol. The molecule has 2 aromatic rings. The first kappa shape index (κ1) is 21.7. The Balaban J connectivity index is 1.35. The van der Waals surface area contributed by atoms with Crippen LogP contribution in [-0.2, 0) is 4.79 Å². The Kier molecular flexibility index (Phi) is 5.87. The van der Waals surface area contributed by atoms with Gasteiger partial charge in [0, 0.05) is 29.1 Å². The zero-order valence-electron chi connectivity index (χ0n) is 19.3. The summed E-state index contributed by atoms with van der Waals surface area (Å²) in [5.74, 6) is 4.06. The van der Waals surface area contributed by atoms with Gasteiger partial charge < -0.3 is 15.0 Å². The van der Waals surface area contributed by atoms with Crippen molar-refractivity contribution in [1.82, 2.24) is 4.57 Å². The number of rotatable bonds is 6. The second-order valence-corrected chi connectivity index (χ2v) is 11.0. The number of hydrogen-bond acceptors (Lipinski definition) is 3. The Morgan fingerprint density at radius 3 is 2.69 bits per heavy atom. The van der Waals surface area contributed by atoms with Crippen LogP contribution in [0.2, 0.25) is 0 Å². The van der Waals surface area contributed by atoms with Gasteiger partial charge in [0.05, 0.1) is 12.6 Å². The maximum absolute atomic E-state index is 13.1. The molecule has 5 heteroatoms. The van der Waals surface area contributed by atoms with Crippen molar-refractivity contribution in [2.24, 2.45) is 35.5 Å². The van der Waals surface area contributed by atoms with Gasteiger partial charge in [0.15, 0.2) is 0 Å². The lowest BCUT2D eigenvalue weighted by atomic mass is 9.54. The van der Waals surface area contributed by atoms with E-state index in [0.29, 0.717) is 23.4 Å². The summed E-state index contributed by atoms with van der Waals surface area (Å²) in [4.78, 5) is 26.2. The molecule has 0 spiro atoms. The molecule has 3 aliphatic carbocycles. The third-order valence-electron chi connectivity index (χ3n) is 8.70. The van der Waals surface area contributed by atoms with Crippen molar-refractivity contribution in [3.63, 3.8) is 0 Å². The van der Waals surface area contributed by atoms with Crippen LogP contribution in [0.25, 0.3) is 10.8 Å². The van der Waals surface area contributed by atoms with Gasteiger partial charge in [-0.25, -0.2) is 0 Å². The van der Waals surface area contributed by atoms with Gasteiger partial charge in [-0.3, -0.25) is 9.59 Å². The summed E-state index contributed by atoms with van der Waals surface area (Å²) >= 11 is 0. The molecule has 2 N–H and O–H groups in total. The van der Waals surface area contributed by atoms with Crippen LogP contribution >= 0.6 is 0 Å². The van der Waals surface area contributed by atoms with E-state index in [-0.39, 0.29) is 30.0 Å². The summed E-state index contributed by atoms with van der Waals surface area (Å²) in [5.41, 5.74) is 0.588. The molecule has 32 heavy (non-hydrogen) atoms. The minimum Gasteiger partial charge on any atom is -0.394 e. The number of hydrogen-bond donors (Lipinski definition) is 2. The highest BCUT2D eigenvalue weighted by Crippen LogP contribution is 2.55. The molecule has 0 saturated heterocycles. The fourth-order valence-electron chi connectivity index (χ4n) is 7.24. The molecule has 3 fully saturated rings. The van der Waals surface area contributed by atoms with E-state index in [2.05, 4.69) is 5.32 Å². The van der Waals surface area contributed by atoms with E-state index in [1.54, 1.807) is 16.8 Å². The van der Waals surface area contributed by atoms with Gasteiger partial charge in [-0.15, -0.1) is 0 Å². The molecule has 1 aromatic carbocycles. The van der Waals surface area contributed by atoms with Gasteiger partial charge in [-0.2, -0.15) is 0 Å². The fourth-order valence-corrected chi connectivity index (χ4v) is 7.24. The first-order valence-corrected chi connectivity index (χ1v) is 12.5. The van der Waals surface area contributed by atoms with Crippen LogP contribution in [0.3, 0.4) is 0 Å². The number of amides is 1. The number of nitrogens with one attached hydrogen (secondary N) is 1. The average molecular weight is 437 g/mol. The summed E-state index contributed by atoms with van der Waals surface area (Å²) < 4.78 is 1.62. The van der Waals surface area contributed by atoms with Gasteiger partial charge in [0.2, 0.25) is 5.91 Å². The average Bonchev–Trinajstić information content (AvgIpc) is 2.75. The number of nitrogens with zero attached hydrogens (tertiary/aromatic N) is 1. The maximum atomic E-state index is 13.1. The molecule has 0 aliphatic heterocycles. The van der Waals surface area contributed by atoms with Crippen molar-refractivity contribution >= 4 is 22.4 Å². The molecule has 172 valence electrons. The van der Waals surface area contributed by atoms with E-state index in [0.717, 1.165) is 29.1 Å². The summed E-state index contributed by atoms with van der Waals surface area (Å²) in [6, 6.07) is 7.16. The normalized spacial score (nSPS) is 29.9. The second kappa shape index (κ2) is 8.66. The first-order valence-electron chi connectivity index (χ1n) is 12.5. The minimum absolute atomic E-state index is 0.0733. The molecule has 1 heterocycles. The number of aliphatic hydroxyl groups is 1. The molecule has 5 unspecified atom stereocenters. The third kappa shape index (κ3) is 3.89. The molecule has 3 saturated carbocycles. The number of fused-ring (bicyclic) bond motifs is 3. The Morgan fingerprint density at radius 1 is 1.09 bits per heavy atom. The van der Waals surface area contributed by atoms with E-state index >= 15 is 0 Å². The zero-order chi connectivity index (χ0) is 22.4. The van der Waals surface area contributed by atoms with Crippen LogP contribution in [0.4, 0.5) is 5.69 Å². The van der Waals surface area contributed by atoms with E-state index in [1.165, 1.54) is 38.5 Å². The fraction of sp³-hybridized carbons (Fsp3) is 0.630. The lowest BCUT2D eigenvalue weighted by Gasteiger charge is -2.52. The van der Waals surface area contributed by atoms with Crippen LogP contribution < -0.4 is 10.9 Å². The molecule has 3 bridgehead atoms. The quantitative estimate of drug-likeness (QED) is 0.671. The van der Waals surface area contributed by atoms with Crippen molar-refractivity contribution in [2.45, 2.75) is 64.8 Å². The van der Waals surface area contributed by atoms with Crippen molar-refractivity contribution in [3.05, 3.63) is 40.8 Å². The molecular formula is C27H36N2O3. The Morgan fingerprint density at radius 2 is 1.91 bits per heavy atom. The predicted molar refractivity (Wildman–Crippen MR) is 128 cm³/mol. The van der Waals surface area contributed by atoms with Gasteiger partial charge in [0.1, 0.15) is 0 Å². The lowest BCUT2D eigenvalue weighted by Crippen LogP contribution is -2.43. The van der Waals surface area contributed by atoms with E-state index in [9.17, 15) is 14.7 Å². The van der Waals surface area contributed by atoms with Gasteiger partial charge in [-0.1, -0.05) is 26.3 Å². The van der Waals surface area contributed by atoms with Crippen molar-refractivity contribution in [3.8, 4) is 0 Å². The largest absolute Gasteiger partial charge is 0.394 e. The molecule has 5 nitrogen and oxygen atoms in total. The molecular weight excluding hydrogens is 400 g/mol. The second-order valence-electron chi connectivity index (χ2n) is 11.0. The number of pyridine rings is 1. The van der Waals surface area contributed by atoms with Crippen LogP contribution in [0.15, 0.2) is 35.3 Å². The summed E-state index contributed by atoms with van der Waals surface area (Å²) in [5, 5.41) is 14.2. The van der Waals surface area contributed by atoms with Crippen LogP contribution in [0.5, 0.6) is 0 Å². The Labute approximate surface area is 190 Å². The molecule has 1 aromatic heterocycles. The van der Waals surface area contributed by atoms with E-state index in [1.807, 2.05) is 32.0 Å². The highest BCUT2D eigenvalue weighted by molar-refractivity contribution is 6.01. The highest BCUT2D eigenvalue weighted by Gasteiger charge is 2.45. The molecule has 3 aliphatic rings. The topological polar surface area (TPSA) is 71.3 Å². The summed E-state index contributed by atoms with van der Waals surface area (Å²) in [6.45, 7) is 3.92.